The molecule has 3 unspecified atom stereocenters. The van der Waals surface area contributed by atoms with Crippen LogP contribution >= 0.6 is 0 Å². The minimum absolute atomic E-state index is 0.0684. The Morgan fingerprint density at radius 2 is 2.00 bits per heavy atom. The molecule has 1 rings (SSSR count). The number of rotatable bonds is 4. The van der Waals surface area contributed by atoms with Gasteiger partial charge in [-0.1, -0.05) is 31.3 Å². The van der Waals surface area contributed by atoms with Crippen molar-refractivity contribution in [3.63, 3.8) is 0 Å². The zero-order chi connectivity index (χ0) is 14.5. The van der Waals surface area contributed by atoms with E-state index in [1.54, 1.807) is 0 Å². The number of hydrogen-bond donors (Lipinski definition) is 3. The Labute approximate surface area is 111 Å². The molecule has 4 N–H and O–H groups in total. The zero-order valence-electron chi connectivity index (χ0n) is 11.1. The summed E-state index contributed by atoms with van der Waals surface area (Å²) in [6.45, 7) is 1.71. The van der Waals surface area contributed by atoms with Gasteiger partial charge in [-0.25, -0.2) is 0 Å². The highest BCUT2D eigenvalue weighted by molar-refractivity contribution is 5.83. The molecule has 0 spiro atoms. The lowest BCUT2D eigenvalue weighted by Crippen LogP contribution is -2.46. The van der Waals surface area contributed by atoms with Gasteiger partial charge in [-0.05, 0) is 18.8 Å². The third-order valence-corrected chi connectivity index (χ3v) is 3.81. The van der Waals surface area contributed by atoms with E-state index >= 15 is 0 Å². The van der Waals surface area contributed by atoms with Gasteiger partial charge in [0.25, 0.3) is 0 Å². The second kappa shape index (κ2) is 6.98. The molecule has 1 fully saturated rings. The first-order chi connectivity index (χ1) is 8.86. The van der Waals surface area contributed by atoms with Gasteiger partial charge < -0.3 is 16.3 Å². The molecule has 0 aliphatic heterocycles. The van der Waals surface area contributed by atoms with Crippen LogP contribution in [-0.4, -0.2) is 29.8 Å². The molecule has 112 valence electrons. The van der Waals surface area contributed by atoms with Crippen molar-refractivity contribution >= 4 is 5.84 Å². The van der Waals surface area contributed by atoms with Crippen LogP contribution < -0.4 is 11.1 Å². The van der Waals surface area contributed by atoms with Gasteiger partial charge in [0.05, 0.1) is 0 Å². The normalized spacial score (nSPS) is 27.9. The molecule has 0 saturated heterocycles. The van der Waals surface area contributed by atoms with Crippen LogP contribution in [0.2, 0.25) is 0 Å². The van der Waals surface area contributed by atoms with E-state index in [-0.39, 0.29) is 12.6 Å². The Balaban J connectivity index is 2.60. The fourth-order valence-electron chi connectivity index (χ4n) is 2.52. The number of amidine groups is 1. The summed E-state index contributed by atoms with van der Waals surface area (Å²) in [6, 6.07) is 0.0684. The first kappa shape index (κ1) is 16.1. The number of halogens is 3. The zero-order valence-corrected chi connectivity index (χ0v) is 11.1. The Bertz CT molecular complexity index is 307. The van der Waals surface area contributed by atoms with Crippen molar-refractivity contribution < 1.29 is 18.4 Å². The van der Waals surface area contributed by atoms with Gasteiger partial charge in [0.1, 0.15) is 5.92 Å². The van der Waals surface area contributed by atoms with Crippen LogP contribution in [0.3, 0.4) is 0 Å². The number of hydrogen-bond acceptors (Lipinski definition) is 3. The van der Waals surface area contributed by atoms with Gasteiger partial charge in [-0.3, -0.25) is 0 Å². The highest BCUT2D eigenvalue weighted by atomic mass is 19.4. The standard InChI is InChI=1S/C12H22F3N3O/c1-8-5-3-2-4-6-10(8)17-7-9(11(16)18-19)12(13,14)15/h8-10,17,19H,2-7H2,1H3,(H2,16,18). The van der Waals surface area contributed by atoms with E-state index in [0.29, 0.717) is 5.92 Å². The summed E-state index contributed by atoms with van der Waals surface area (Å²) in [5.41, 5.74) is 5.12. The third-order valence-electron chi connectivity index (χ3n) is 3.81. The number of nitrogens with zero attached hydrogens (tertiary/aromatic N) is 1. The van der Waals surface area contributed by atoms with Crippen molar-refractivity contribution in [2.75, 3.05) is 6.54 Å². The first-order valence-electron chi connectivity index (χ1n) is 6.63. The topological polar surface area (TPSA) is 70.6 Å². The maximum atomic E-state index is 12.8. The monoisotopic (exact) mass is 281 g/mol. The minimum atomic E-state index is -4.50. The highest BCUT2D eigenvalue weighted by Gasteiger charge is 2.43. The Kier molecular flexibility index (Phi) is 5.90. The molecule has 0 amide bonds. The van der Waals surface area contributed by atoms with Crippen LogP contribution in [0.15, 0.2) is 5.16 Å². The number of nitrogens with one attached hydrogen (secondary N) is 1. The predicted molar refractivity (Wildman–Crippen MR) is 67.0 cm³/mol. The Hall–Kier alpha value is -0.980. The molecule has 7 heteroatoms. The van der Waals surface area contributed by atoms with Gasteiger partial charge in [0, 0.05) is 12.6 Å². The van der Waals surface area contributed by atoms with Crippen molar-refractivity contribution in [2.24, 2.45) is 22.7 Å². The van der Waals surface area contributed by atoms with Crippen molar-refractivity contribution in [3.05, 3.63) is 0 Å². The molecular weight excluding hydrogens is 259 g/mol. The summed E-state index contributed by atoms with van der Waals surface area (Å²) >= 11 is 0. The number of oxime groups is 1. The van der Waals surface area contributed by atoms with E-state index in [1.807, 2.05) is 0 Å². The van der Waals surface area contributed by atoms with E-state index in [4.69, 9.17) is 10.9 Å². The molecular formula is C12H22F3N3O. The molecule has 0 bridgehead atoms. The lowest BCUT2D eigenvalue weighted by atomic mass is 9.96. The average molecular weight is 281 g/mol. The van der Waals surface area contributed by atoms with Gasteiger partial charge in [0.15, 0.2) is 5.84 Å². The summed E-state index contributed by atoms with van der Waals surface area (Å²) in [6.07, 6.45) is 0.688. The highest BCUT2D eigenvalue weighted by Crippen LogP contribution is 2.27. The lowest BCUT2D eigenvalue weighted by molar-refractivity contribution is -0.155. The summed E-state index contributed by atoms with van der Waals surface area (Å²) in [7, 11) is 0. The third kappa shape index (κ3) is 4.89. The Morgan fingerprint density at radius 3 is 2.58 bits per heavy atom. The van der Waals surface area contributed by atoms with Gasteiger partial charge in [0.2, 0.25) is 0 Å². The van der Waals surface area contributed by atoms with Gasteiger partial charge >= 0.3 is 6.18 Å². The minimum Gasteiger partial charge on any atom is -0.409 e. The molecule has 4 nitrogen and oxygen atoms in total. The molecule has 0 radical (unpaired) electrons. The number of nitrogens with two attached hydrogens (primary N) is 1. The van der Waals surface area contributed by atoms with E-state index in [0.717, 1.165) is 32.1 Å². The molecule has 1 aliphatic rings. The molecule has 0 heterocycles. The quantitative estimate of drug-likeness (QED) is 0.244. The van der Waals surface area contributed by atoms with Gasteiger partial charge in [-0.15, -0.1) is 0 Å². The fourth-order valence-corrected chi connectivity index (χ4v) is 2.52. The van der Waals surface area contributed by atoms with Crippen LogP contribution in [0.5, 0.6) is 0 Å². The average Bonchev–Trinajstić information content (AvgIpc) is 2.53. The van der Waals surface area contributed by atoms with Crippen molar-refractivity contribution in [2.45, 2.75) is 51.2 Å². The Morgan fingerprint density at radius 1 is 1.37 bits per heavy atom. The van der Waals surface area contributed by atoms with Crippen LogP contribution in [0.4, 0.5) is 13.2 Å². The summed E-state index contributed by atoms with van der Waals surface area (Å²) in [5.74, 6) is -2.38. The molecule has 0 aromatic heterocycles. The second-order valence-corrected chi connectivity index (χ2v) is 5.25. The van der Waals surface area contributed by atoms with E-state index in [9.17, 15) is 13.2 Å². The van der Waals surface area contributed by atoms with E-state index in [1.165, 1.54) is 0 Å². The van der Waals surface area contributed by atoms with Crippen LogP contribution in [0.25, 0.3) is 0 Å². The molecule has 1 aliphatic carbocycles. The summed E-state index contributed by atoms with van der Waals surface area (Å²) < 4.78 is 38.3. The number of alkyl halides is 3. The maximum Gasteiger partial charge on any atom is 0.400 e. The molecule has 0 aromatic rings. The fraction of sp³-hybridized carbons (Fsp3) is 0.917. The smallest absolute Gasteiger partial charge is 0.400 e. The van der Waals surface area contributed by atoms with E-state index < -0.39 is 17.9 Å². The molecule has 1 saturated carbocycles. The van der Waals surface area contributed by atoms with Crippen LogP contribution in [-0.2, 0) is 0 Å². The first-order valence-corrected chi connectivity index (χ1v) is 6.63. The van der Waals surface area contributed by atoms with Crippen LogP contribution in [0, 0.1) is 11.8 Å². The molecule has 3 atom stereocenters. The van der Waals surface area contributed by atoms with Crippen molar-refractivity contribution in [1.29, 1.82) is 0 Å². The van der Waals surface area contributed by atoms with Crippen molar-refractivity contribution in [1.82, 2.24) is 5.32 Å². The summed E-state index contributed by atoms with van der Waals surface area (Å²) in [4.78, 5) is 0. The van der Waals surface area contributed by atoms with Crippen molar-refractivity contribution in [3.8, 4) is 0 Å². The summed E-state index contributed by atoms with van der Waals surface area (Å²) in [5, 5.41) is 13.9. The SMILES string of the molecule is CC1CCCCCC1NCC(C(N)=NO)C(F)(F)F. The largest absolute Gasteiger partial charge is 0.409 e. The second-order valence-electron chi connectivity index (χ2n) is 5.25. The molecule has 19 heavy (non-hydrogen) atoms. The lowest BCUT2D eigenvalue weighted by Gasteiger charge is -2.26. The molecule has 0 aromatic carbocycles. The van der Waals surface area contributed by atoms with Gasteiger partial charge in [-0.2, -0.15) is 13.2 Å². The van der Waals surface area contributed by atoms with Crippen LogP contribution in [0.1, 0.15) is 39.0 Å². The predicted octanol–water partition coefficient (Wildman–Crippen LogP) is 2.47. The maximum absolute atomic E-state index is 12.8. The van der Waals surface area contributed by atoms with E-state index in [2.05, 4.69) is 17.4 Å².